The van der Waals surface area contributed by atoms with E-state index in [4.69, 9.17) is 4.74 Å². The fraction of sp³-hybridized carbons (Fsp3) is 0.375. The van der Waals surface area contributed by atoms with E-state index in [1.807, 2.05) is 42.3 Å². The molecule has 0 N–H and O–H groups in total. The van der Waals surface area contributed by atoms with E-state index < -0.39 is 17.9 Å². The number of methoxy groups -OCH3 is 1. The van der Waals surface area contributed by atoms with E-state index in [0.717, 1.165) is 22.4 Å². The Labute approximate surface area is 185 Å². The van der Waals surface area contributed by atoms with E-state index in [-0.39, 0.29) is 36.8 Å². The molecule has 160 valence electrons. The number of aryl methyl sites for hydroxylation is 1. The second kappa shape index (κ2) is 7.43. The summed E-state index contributed by atoms with van der Waals surface area (Å²) in [5, 5.41) is 1.86. The lowest BCUT2D eigenvalue weighted by Gasteiger charge is -2.38. The molecule has 3 aliphatic rings. The Balaban J connectivity index is 1.66. The maximum atomic E-state index is 13.7. The third-order valence-corrected chi connectivity index (χ3v) is 7.53. The third kappa shape index (κ3) is 2.91. The lowest BCUT2D eigenvalue weighted by Crippen LogP contribution is -2.49. The van der Waals surface area contributed by atoms with E-state index in [1.165, 1.54) is 16.2 Å². The monoisotopic (exact) mass is 436 g/mol. The molecule has 0 aliphatic carbocycles. The van der Waals surface area contributed by atoms with Crippen LogP contribution in [0.5, 0.6) is 0 Å². The van der Waals surface area contributed by atoms with E-state index in [0.29, 0.717) is 4.88 Å². The number of nitrogens with zero attached hydrogens (tertiary/aromatic N) is 2. The zero-order valence-electron chi connectivity index (χ0n) is 17.7. The molecule has 0 radical (unpaired) electrons. The minimum absolute atomic E-state index is 0.0956. The smallest absolute Gasteiger partial charge is 0.235 e. The Morgan fingerprint density at radius 2 is 1.90 bits per heavy atom. The van der Waals surface area contributed by atoms with Gasteiger partial charge < -0.3 is 9.64 Å². The number of likely N-dealkylation sites (tertiary alicyclic amines) is 1. The highest BCUT2D eigenvalue weighted by atomic mass is 32.1. The number of carbonyl (C=O) groups excluding carboxylic acids is 3. The number of amides is 2. The van der Waals surface area contributed by atoms with Gasteiger partial charge in [0.15, 0.2) is 5.78 Å². The van der Waals surface area contributed by atoms with Crippen LogP contribution in [0.2, 0.25) is 0 Å². The molecule has 4 heterocycles. The summed E-state index contributed by atoms with van der Waals surface area (Å²) < 4.78 is 5.10. The summed E-state index contributed by atoms with van der Waals surface area (Å²) in [7, 11) is 1.54. The number of anilines is 1. The number of carbonyl (C=O) groups is 3. The molecule has 3 aliphatic heterocycles. The highest BCUT2D eigenvalue weighted by molar-refractivity contribution is 7.12. The molecule has 5 rings (SSSR count). The van der Waals surface area contributed by atoms with Crippen molar-refractivity contribution in [2.75, 3.05) is 25.2 Å². The second-order valence-corrected chi connectivity index (χ2v) is 9.37. The summed E-state index contributed by atoms with van der Waals surface area (Å²) in [6, 6.07) is 8.74. The number of hydrogen-bond acceptors (Lipinski definition) is 6. The minimum Gasteiger partial charge on any atom is -0.383 e. The van der Waals surface area contributed by atoms with Crippen LogP contribution in [0.4, 0.5) is 5.69 Å². The molecule has 31 heavy (non-hydrogen) atoms. The van der Waals surface area contributed by atoms with Gasteiger partial charge in [0.1, 0.15) is 6.04 Å². The average molecular weight is 437 g/mol. The average Bonchev–Trinajstić information content (AvgIpc) is 3.44. The standard InChI is InChI=1S/C24H24N2O4S/c1-13-6-7-16-15(11-13)14(2)12-17-19-20(24(29)25(23(19)28)8-9-30-3)21(26(16)17)22(27)18-5-4-10-31-18/h4-7,10-12,17,19-21H,8-9H2,1-3H3/t17-,19+,20+,21-/m1/s1. The maximum absolute atomic E-state index is 13.7. The first-order valence-electron chi connectivity index (χ1n) is 10.4. The molecular weight excluding hydrogens is 412 g/mol. The van der Waals surface area contributed by atoms with Crippen molar-refractivity contribution in [3.63, 3.8) is 0 Å². The zero-order valence-corrected chi connectivity index (χ0v) is 18.5. The number of hydrogen-bond donors (Lipinski definition) is 0. The fourth-order valence-electron chi connectivity index (χ4n) is 5.29. The topological polar surface area (TPSA) is 66.9 Å². The van der Waals surface area contributed by atoms with Gasteiger partial charge in [0.25, 0.3) is 0 Å². The van der Waals surface area contributed by atoms with Gasteiger partial charge >= 0.3 is 0 Å². The Morgan fingerprint density at radius 3 is 2.61 bits per heavy atom. The molecule has 0 bridgehead atoms. The SMILES string of the molecule is COCCN1C(=O)[C@@H]2[C@H](C1=O)[C@H](C(=O)c1cccs1)N1c3ccc(C)cc3C(C)=C[C@H]21. The molecule has 2 fully saturated rings. The Kier molecular flexibility index (Phi) is 4.83. The number of fused-ring (bicyclic) bond motifs is 5. The molecule has 2 saturated heterocycles. The van der Waals surface area contributed by atoms with Gasteiger partial charge in [-0.2, -0.15) is 0 Å². The van der Waals surface area contributed by atoms with Crippen LogP contribution in [-0.2, 0) is 14.3 Å². The molecule has 0 saturated carbocycles. The van der Waals surface area contributed by atoms with Crippen molar-refractivity contribution >= 4 is 40.2 Å². The number of ketones is 1. The van der Waals surface area contributed by atoms with Gasteiger partial charge in [-0.25, -0.2) is 0 Å². The summed E-state index contributed by atoms with van der Waals surface area (Å²) in [6.45, 7) is 4.56. The van der Waals surface area contributed by atoms with Crippen molar-refractivity contribution in [1.29, 1.82) is 0 Å². The fourth-order valence-corrected chi connectivity index (χ4v) is 5.98. The van der Waals surface area contributed by atoms with E-state index in [1.54, 1.807) is 13.2 Å². The van der Waals surface area contributed by atoms with Gasteiger partial charge in [-0.1, -0.05) is 23.8 Å². The predicted octanol–water partition coefficient (Wildman–Crippen LogP) is 3.16. The first-order valence-corrected chi connectivity index (χ1v) is 11.3. The van der Waals surface area contributed by atoms with Gasteiger partial charge in [0.2, 0.25) is 11.8 Å². The highest BCUT2D eigenvalue weighted by Crippen LogP contribution is 2.50. The summed E-state index contributed by atoms with van der Waals surface area (Å²) in [6.07, 6.45) is 2.06. The van der Waals surface area contributed by atoms with Crippen LogP contribution < -0.4 is 4.90 Å². The number of benzene rings is 1. The highest BCUT2D eigenvalue weighted by Gasteiger charge is 2.64. The lowest BCUT2D eigenvalue weighted by molar-refractivity contribution is -0.141. The van der Waals surface area contributed by atoms with Crippen molar-refractivity contribution in [3.8, 4) is 0 Å². The molecule has 2 aromatic rings. The van der Waals surface area contributed by atoms with E-state index in [2.05, 4.69) is 12.1 Å². The normalized spacial score (nSPS) is 26.6. The minimum atomic E-state index is -0.705. The first kappa shape index (κ1) is 20.2. The van der Waals surface area contributed by atoms with Crippen LogP contribution in [0.15, 0.2) is 41.8 Å². The van der Waals surface area contributed by atoms with Crippen LogP contribution in [-0.4, -0.2) is 54.8 Å². The van der Waals surface area contributed by atoms with Crippen molar-refractivity contribution in [1.82, 2.24) is 4.90 Å². The number of rotatable bonds is 5. The van der Waals surface area contributed by atoms with Crippen LogP contribution in [0.1, 0.15) is 27.7 Å². The first-order chi connectivity index (χ1) is 14.9. The molecule has 6 nitrogen and oxygen atoms in total. The predicted molar refractivity (Wildman–Crippen MR) is 119 cm³/mol. The Bertz CT molecular complexity index is 1110. The van der Waals surface area contributed by atoms with Gasteiger partial charge in [-0.3, -0.25) is 19.3 Å². The Morgan fingerprint density at radius 1 is 1.13 bits per heavy atom. The van der Waals surface area contributed by atoms with Gasteiger partial charge in [-0.05, 0) is 43.0 Å². The molecular formula is C24H24N2O4S. The quantitative estimate of drug-likeness (QED) is 0.532. The zero-order chi connectivity index (χ0) is 21.9. The van der Waals surface area contributed by atoms with Gasteiger partial charge in [0, 0.05) is 18.4 Å². The van der Waals surface area contributed by atoms with Gasteiger partial charge in [0.05, 0.1) is 35.9 Å². The second-order valence-electron chi connectivity index (χ2n) is 8.43. The van der Waals surface area contributed by atoms with Gasteiger partial charge in [-0.15, -0.1) is 11.3 Å². The van der Waals surface area contributed by atoms with Crippen LogP contribution in [0.3, 0.4) is 0 Å². The molecule has 1 aromatic carbocycles. The molecule has 4 atom stereocenters. The van der Waals surface area contributed by atoms with Crippen molar-refractivity contribution in [3.05, 3.63) is 57.8 Å². The van der Waals surface area contributed by atoms with Crippen molar-refractivity contribution in [2.45, 2.75) is 25.9 Å². The summed E-state index contributed by atoms with van der Waals surface area (Å²) in [5.74, 6) is -1.83. The van der Waals surface area contributed by atoms with Crippen molar-refractivity contribution < 1.29 is 19.1 Å². The largest absolute Gasteiger partial charge is 0.383 e. The molecule has 0 unspecified atom stereocenters. The molecule has 7 heteroatoms. The van der Waals surface area contributed by atoms with E-state index >= 15 is 0 Å². The third-order valence-electron chi connectivity index (χ3n) is 6.65. The van der Waals surface area contributed by atoms with Crippen LogP contribution >= 0.6 is 11.3 Å². The maximum Gasteiger partial charge on any atom is 0.235 e. The Hall–Kier alpha value is -2.77. The molecule has 0 spiro atoms. The van der Waals surface area contributed by atoms with Crippen molar-refractivity contribution in [2.24, 2.45) is 11.8 Å². The van der Waals surface area contributed by atoms with Crippen LogP contribution in [0, 0.1) is 18.8 Å². The number of imide groups is 1. The summed E-state index contributed by atoms with van der Waals surface area (Å²) in [5.41, 5.74) is 4.17. The number of Topliss-reactive ketones (excluding diaryl/α,β-unsaturated/α-hetero) is 1. The number of thiophene rings is 1. The summed E-state index contributed by atoms with van der Waals surface area (Å²) >= 11 is 1.37. The van der Waals surface area contributed by atoms with E-state index in [9.17, 15) is 14.4 Å². The lowest BCUT2D eigenvalue weighted by atomic mass is 9.86. The molecule has 2 amide bonds. The molecule has 1 aromatic heterocycles. The number of allylic oxidation sites excluding steroid dienone is 1. The summed E-state index contributed by atoms with van der Waals surface area (Å²) in [4.78, 5) is 44.4. The number of ether oxygens (including phenoxy) is 1. The van der Waals surface area contributed by atoms with Crippen LogP contribution in [0.25, 0.3) is 5.57 Å².